The Balaban J connectivity index is 1.57. The van der Waals surface area contributed by atoms with Crippen LogP contribution in [0.1, 0.15) is 20.8 Å². The summed E-state index contributed by atoms with van der Waals surface area (Å²) in [5.41, 5.74) is 2.92. The van der Waals surface area contributed by atoms with Crippen molar-refractivity contribution in [2.45, 2.75) is 57.0 Å². The van der Waals surface area contributed by atoms with E-state index in [0.29, 0.717) is 5.75 Å². The van der Waals surface area contributed by atoms with Crippen molar-refractivity contribution in [2.24, 2.45) is 0 Å². The number of para-hydroxylation sites is 1. The second kappa shape index (κ2) is 11.6. The molecule has 214 valence electrons. The smallest absolute Gasteiger partial charge is 0.323 e. The summed E-state index contributed by atoms with van der Waals surface area (Å²) in [6, 6.07) is 7.70. The Morgan fingerprint density at radius 3 is 2.73 bits per heavy atom. The number of rotatable bonds is 11. The molecule has 0 saturated carbocycles. The van der Waals surface area contributed by atoms with E-state index in [1.807, 2.05) is 0 Å². The number of carbonyl (C=O) groups is 1. The quantitative estimate of drug-likeness (QED) is 0.116. The summed E-state index contributed by atoms with van der Waals surface area (Å²) in [7, 11) is 0. The molecular weight excluding hydrogens is 563 g/mol. The third kappa shape index (κ3) is 5.74. The number of hydrogen-bond acceptors (Lipinski definition) is 12. The summed E-state index contributed by atoms with van der Waals surface area (Å²) in [4.78, 5) is 35.1. The minimum atomic E-state index is -3.44. The first-order valence-electron chi connectivity index (χ1n) is 12.1. The van der Waals surface area contributed by atoms with Crippen molar-refractivity contribution in [3.63, 3.8) is 0 Å². The van der Waals surface area contributed by atoms with Crippen LogP contribution in [0.2, 0.25) is 0 Å². The molecule has 3 aromatic rings. The van der Waals surface area contributed by atoms with Crippen LogP contribution in [0.5, 0.6) is 5.75 Å². The van der Waals surface area contributed by atoms with Gasteiger partial charge in [-0.15, -0.1) is 6.42 Å². The summed E-state index contributed by atoms with van der Waals surface area (Å²) in [6.45, 7) is 1.21. The number of nitrogens with one attached hydrogen (secondary N) is 2. The Bertz CT molecular complexity index is 1530. The standard InChI is InChI=1S/C24H29N6O8PS/c1-5-17(31)24(30-12-26-18-20(30)27-23(25)28-21(18)33)19(32)16(37-24)11-35-39(40,38-15-9-7-6-8-10-15)29-14(4)22(34)36-13(2)3/h1,6-10,12-14,16-17,19,31-32H,11H2,2-4H3,(H,29,40)(H3,25,27,28,33)/t14?,16-,17+,19-,24-,39?/m1/s1. The van der Waals surface area contributed by atoms with Gasteiger partial charge in [0.2, 0.25) is 11.7 Å². The summed E-state index contributed by atoms with van der Waals surface area (Å²) < 4.78 is 24.2. The third-order valence-electron chi connectivity index (χ3n) is 5.90. The lowest BCUT2D eigenvalue weighted by Gasteiger charge is -2.53. The summed E-state index contributed by atoms with van der Waals surface area (Å²) in [5, 5.41) is 24.8. The molecule has 3 heterocycles. The topological polar surface area (TPSA) is 196 Å². The first-order valence-corrected chi connectivity index (χ1v) is 14.7. The molecule has 1 fully saturated rings. The SMILES string of the molecule is C#C[C@H](O)[C@@]1(n2cnc3c(=O)[nH]c(N)nc32)O[C@H](COP(=S)(NC(C)C(=O)OC(C)C)Oc2ccccc2)[C@H]1O. The number of anilines is 1. The number of nitrogens with two attached hydrogens (primary N) is 1. The Kier molecular flexibility index (Phi) is 8.62. The van der Waals surface area contributed by atoms with Crippen LogP contribution in [0.25, 0.3) is 11.2 Å². The number of aliphatic hydroxyl groups is 2. The molecule has 14 nitrogen and oxygen atoms in total. The van der Waals surface area contributed by atoms with E-state index in [2.05, 4.69) is 26.0 Å². The van der Waals surface area contributed by atoms with Gasteiger partial charge in [0.25, 0.3) is 5.56 Å². The molecule has 0 radical (unpaired) electrons. The normalized spacial score (nSPS) is 23.5. The van der Waals surface area contributed by atoms with E-state index >= 15 is 0 Å². The third-order valence-corrected chi connectivity index (χ3v) is 8.40. The molecule has 40 heavy (non-hydrogen) atoms. The second-order valence-corrected chi connectivity index (χ2v) is 12.3. The fourth-order valence-corrected chi connectivity index (χ4v) is 6.48. The highest BCUT2D eigenvalue weighted by molar-refractivity contribution is 8.09. The van der Waals surface area contributed by atoms with Crippen molar-refractivity contribution < 1.29 is 33.5 Å². The van der Waals surface area contributed by atoms with Crippen LogP contribution in [-0.2, 0) is 36.3 Å². The van der Waals surface area contributed by atoms with E-state index in [1.54, 1.807) is 51.1 Å². The highest BCUT2D eigenvalue weighted by atomic mass is 32.5. The van der Waals surface area contributed by atoms with E-state index in [0.717, 1.165) is 10.9 Å². The lowest BCUT2D eigenvalue weighted by atomic mass is 9.88. The number of nitrogen functional groups attached to an aromatic ring is 1. The molecule has 1 aliphatic rings. The Morgan fingerprint density at radius 1 is 1.40 bits per heavy atom. The molecule has 1 aromatic carbocycles. The first-order chi connectivity index (χ1) is 18.9. The van der Waals surface area contributed by atoms with Crippen molar-refractivity contribution in [1.82, 2.24) is 24.6 Å². The molecule has 1 saturated heterocycles. The lowest BCUT2D eigenvalue weighted by molar-refractivity contribution is -0.359. The molecule has 4 rings (SSSR count). The van der Waals surface area contributed by atoms with Crippen molar-refractivity contribution >= 4 is 41.5 Å². The molecule has 6 atom stereocenters. The van der Waals surface area contributed by atoms with Crippen LogP contribution in [0.4, 0.5) is 5.95 Å². The minimum absolute atomic E-state index is 0.0642. The monoisotopic (exact) mass is 592 g/mol. The van der Waals surface area contributed by atoms with Crippen LogP contribution in [0.15, 0.2) is 41.5 Å². The number of fused-ring (bicyclic) bond motifs is 1. The second-order valence-electron chi connectivity index (χ2n) is 9.19. The van der Waals surface area contributed by atoms with E-state index in [1.165, 1.54) is 0 Å². The van der Waals surface area contributed by atoms with Crippen LogP contribution < -0.4 is 20.9 Å². The fourth-order valence-electron chi connectivity index (χ4n) is 4.06. The number of aliphatic hydroxyl groups excluding tert-OH is 2. The van der Waals surface area contributed by atoms with Gasteiger partial charge in [0.15, 0.2) is 17.3 Å². The van der Waals surface area contributed by atoms with Gasteiger partial charge in [0.05, 0.1) is 19.0 Å². The summed E-state index contributed by atoms with van der Waals surface area (Å²) in [6.07, 6.45) is 2.04. The number of aromatic nitrogens is 4. The van der Waals surface area contributed by atoms with E-state index < -0.39 is 48.2 Å². The molecule has 0 spiro atoms. The van der Waals surface area contributed by atoms with Gasteiger partial charge < -0.3 is 34.5 Å². The number of aromatic amines is 1. The van der Waals surface area contributed by atoms with Crippen LogP contribution in [0.3, 0.4) is 0 Å². The lowest BCUT2D eigenvalue weighted by Crippen LogP contribution is -2.71. The maximum absolute atomic E-state index is 12.4. The number of esters is 1. The van der Waals surface area contributed by atoms with Crippen molar-refractivity contribution in [1.29, 1.82) is 0 Å². The molecule has 0 amide bonds. The Hall–Kier alpha value is -3.35. The maximum Gasteiger partial charge on any atom is 0.323 e. The average molecular weight is 593 g/mol. The fraction of sp³-hybridized carbons (Fsp3) is 0.417. The molecule has 1 aliphatic heterocycles. The van der Waals surface area contributed by atoms with Gasteiger partial charge >= 0.3 is 12.6 Å². The number of terminal acetylenes is 1. The molecule has 6 N–H and O–H groups in total. The summed E-state index contributed by atoms with van der Waals surface area (Å²) >= 11 is 5.68. The maximum atomic E-state index is 12.4. The van der Waals surface area contributed by atoms with Gasteiger partial charge in [0, 0.05) is 0 Å². The molecule has 2 unspecified atom stereocenters. The average Bonchev–Trinajstić information content (AvgIpc) is 3.32. The van der Waals surface area contributed by atoms with Crippen LogP contribution in [-0.4, -0.2) is 72.8 Å². The zero-order chi connectivity index (χ0) is 29.2. The van der Waals surface area contributed by atoms with E-state index in [4.69, 9.17) is 42.5 Å². The van der Waals surface area contributed by atoms with Crippen molar-refractivity contribution in [3.8, 4) is 18.1 Å². The van der Waals surface area contributed by atoms with E-state index in [-0.39, 0.29) is 29.8 Å². The Morgan fingerprint density at radius 2 is 2.10 bits per heavy atom. The van der Waals surface area contributed by atoms with Gasteiger partial charge in [-0.3, -0.25) is 19.1 Å². The first kappa shape index (κ1) is 29.6. The minimum Gasteiger partial charge on any atom is -0.462 e. The van der Waals surface area contributed by atoms with Crippen LogP contribution in [0, 0.1) is 12.3 Å². The van der Waals surface area contributed by atoms with Gasteiger partial charge in [-0.1, -0.05) is 24.1 Å². The van der Waals surface area contributed by atoms with E-state index in [9.17, 15) is 19.8 Å². The zero-order valence-corrected chi connectivity index (χ0v) is 23.5. The molecule has 0 bridgehead atoms. The number of imidazole rings is 1. The van der Waals surface area contributed by atoms with Gasteiger partial charge in [-0.25, -0.2) is 10.1 Å². The van der Waals surface area contributed by atoms with Crippen molar-refractivity contribution in [2.75, 3.05) is 12.3 Å². The molecule has 0 aliphatic carbocycles. The largest absolute Gasteiger partial charge is 0.462 e. The number of H-pyrrole nitrogens is 1. The molecular formula is C24H29N6O8PS. The number of benzene rings is 1. The van der Waals surface area contributed by atoms with Gasteiger partial charge in [-0.05, 0) is 44.7 Å². The number of nitrogens with zero attached hydrogens (tertiary/aromatic N) is 3. The van der Waals surface area contributed by atoms with Gasteiger partial charge in [0.1, 0.15) is 24.0 Å². The number of hydrogen-bond donors (Lipinski definition) is 5. The zero-order valence-electron chi connectivity index (χ0n) is 21.8. The summed E-state index contributed by atoms with van der Waals surface area (Å²) in [5.74, 6) is 1.74. The molecule has 16 heteroatoms. The Labute approximate surface area is 234 Å². The highest BCUT2D eigenvalue weighted by Gasteiger charge is 2.62. The van der Waals surface area contributed by atoms with Crippen LogP contribution >= 0.6 is 6.64 Å². The van der Waals surface area contributed by atoms with Crippen molar-refractivity contribution in [3.05, 3.63) is 47.0 Å². The molecule has 2 aromatic heterocycles. The number of ether oxygens (including phenoxy) is 2. The van der Waals surface area contributed by atoms with Gasteiger partial charge in [-0.2, -0.15) is 4.98 Å². The number of carbonyl (C=O) groups excluding carboxylic acids is 1. The predicted molar refractivity (Wildman–Crippen MR) is 147 cm³/mol. The predicted octanol–water partition coefficient (Wildman–Crippen LogP) is 0.358. The highest BCUT2D eigenvalue weighted by Crippen LogP contribution is 2.48.